The summed E-state index contributed by atoms with van der Waals surface area (Å²) < 4.78 is 44.4. The van der Waals surface area contributed by atoms with E-state index in [0.717, 1.165) is 10.4 Å². The summed E-state index contributed by atoms with van der Waals surface area (Å²) in [7, 11) is -1.19. The Morgan fingerprint density at radius 3 is 2.48 bits per heavy atom. The van der Waals surface area contributed by atoms with Gasteiger partial charge in [0.05, 0.1) is 17.7 Å². The molecule has 0 unspecified atom stereocenters. The molecule has 0 radical (unpaired) electrons. The molecule has 0 aromatic heterocycles. The molecule has 0 aliphatic rings. The fourth-order valence-electron chi connectivity index (χ4n) is 1.78. The van der Waals surface area contributed by atoms with Gasteiger partial charge in [0.25, 0.3) is 10.0 Å². The summed E-state index contributed by atoms with van der Waals surface area (Å²) in [5.74, 6) is -0.752. The average Bonchev–Trinajstić information content (AvgIpc) is 2.46. The van der Waals surface area contributed by atoms with E-state index in [1.807, 2.05) is 0 Å². The summed E-state index contributed by atoms with van der Waals surface area (Å²) in [4.78, 5) is -0.164. The second-order valence-corrected chi connectivity index (χ2v) is 6.65. The smallest absolute Gasteiger partial charge is 0.264 e. The van der Waals surface area contributed by atoms with Crippen LogP contribution in [-0.4, -0.2) is 22.6 Å². The van der Waals surface area contributed by atoms with Crippen LogP contribution < -0.4 is 9.04 Å². The minimum atomic E-state index is -3.88. The van der Waals surface area contributed by atoms with E-state index in [1.165, 1.54) is 32.4 Å². The highest BCUT2D eigenvalue weighted by Crippen LogP contribution is 2.27. The third-order valence-corrected chi connectivity index (χ3v) is 4.97. The Morgan fingerprint density at radius 2 is 1.90 bits per heavy atom. The highest BCUT2D eigenvalue weighted by molar-refractivity contribution is 7.92. The number of anilines is 1. The van der Waals surface area contributed by atoms with Gasteiger partial charge >= 0.3 is 0 Å². The van der Waals surface area contributed by atoms with Gasteiger partial charge in [-0.3, -0.25) is 4.31 Å². The molecule has 2 rings (SSSR count). The lowest BCUT2D eigenvalue weighted by molar-refractivity contribution is 0.385. The predicted octanol–water partition coefficient (Wildman–Crippen LogP) is 3.31. The lowest BCUT2D eigenvalue weighted by Crippen LogP contribution is -2.26. The average molecular weight is 330 g/mol. The van der Waals surface area contributed by atoms with Crippen molar-refractivity contribution in [2.75, 3.05) is 18.5 Å². The van der Waals surface area contributed by atoms with Crippen molar-refractivity contribution in [3.63, 3.8) is 0 Å². The molecule has 0 amide bonds. The Balaban J connectivity index is 2.44. The molecule has 7 heteroatoms. The van der Waals surface area contributed by atoms with Crippen LogP contribution in [0, 0.1) is 5.82 Å². The largest absolute Gasteiger partial charge is 0.494 e. The standard InChI is InChI=1S/C14H13ClFNO3S/c1-17(11-5-3-4-10(15)8-11)21(18,19)12-6-7-14(20-2)13(16)9-12/h3-9H,1-2H3. The van der Waals surface area contributed by atoms with E-state index in [9.17, 15) is 12.8 Å². The van der Waals surface area contributed by atoms with Gasteiger partial charge in [-0.15, -0.1) is 0 Å². The molecule has 4 nitrogen and oxygen atoms in total. The SMILES string of the molecule is COc1ccc(S(=O)(=O)N(C)c2cccc(Cl)c2)cc1F. The van der Waals surface area contributed by atoms with Gasteiger partial charge in [-0.25, -0.2) is 12.8 Å². The van der Waals surface area contributed by atoms with Crippen molar-refractivity contribution in [1.82, 2.24) is 0 Å². The Bertz CT molecular complexity index is 765. The second kappa shape index (κ2) is 5.91. The van der Waals surface area contributed by atoms with Gasteiger partial charge in [0.1, 0.15) is 0 Å². The summed E-state index contributed by atoms with van der Waals surface area (Å²) in [5, 5.41) is 0.412. The zero-order valence-corrected chi connectivity index (χ0v) is 13.0. The Hall–Kier alpha value is -1.79. The monoisotopic (exact) mass is 329 g/mol. The van der Waals surface area contributed by atoms with Crippen LogP contribution in [0.5, 0.6) is 5.75 Å². The molecule has 112 valence electrons. The topological polar surface area (TPSA) is 46.6 Å². The maximum atomic E-state index is 13.7. The van der Waals surface area contributed by atoms with E-state index >= 15 is 0 Å². The highest BCUT2D eigenvalue weighted by atomic mass is 35.5. The first-order valence-electron chi connectivity index (χ1n) is 5.94. The number of hydrogen-bond donors (Lipinski definition) is 0. The van der Waals surface area contributed by atoms with E-state index in [2.05, 4.69) is 0 Å². The van der Waals surface area contributed by atoms with Crippen LogP contribution in [0.25, 0.3) is 0 Å². The third kappa shape index (κ3) is 3.11. The van der Waals surface area contributed by atoms with Gasteiger partial charge < -0.3 is 4.74 Å². The van der Waals surface area contributed by atoms with Crippen LogP contribution in [0.2, 0.25) is 5.02 Å². The minimum Gasteiger partial charge on any atom is -0.494 e. The molecule has 0 saturated heterocycles. The van der Waals surface area contributed by atoms with Crippen LogP contribution in [0.4, 0.5) is 10.1 Å². The van der Waals surface area contributed by atoms with E-state index < -0.39 is 15.8 Å². The zero-order chi connectivity index (χ0) is 15.6. The molecule has 0 atom stereocenters. The molecule has 21 heavy (non-hydrogen) atoms. The number of nitrogens with zero attached hydrogens (tertiary/aromatic N) is 1. The number of benzene rings is 2. The molecule has 0 aliphatic carbocycles. The maximum Gasteiger partial charge on any atom is 0.264 e. The van der Waals surface area contributed by atoms with Gasteiger partial charge in [0.2, 0.25) is 0 Å². The van der Waals surface area contributed by atoms with E-state index in [-0.39, 0.29) is 10.6 Å². The van der Waals surface area contributed by atoms with Crippen LogP contribution in [0.15, 0.2) is 47.4 Å². The molecule has 0 fully saturated rings. The molecule has 2 aromatic carbocycles. The quantitative estimate of drug-likeness (QED) is 0.864. The second-order valence-electron chi connectivity index (χ2n) is 4.25. The number of methoxy groups -OCH3 is 1. The van der Waals surface area contributed by atoms with Crippen molar-refractivity contribution in [2.45, 2.75) is 4.90 Å². The first-order chi connectivity index (χ1) is 9.86. The number of sulfonamides is 1. The van der Waals surface area contributed by atoms with Crippen molar-refractivity contribution in [3.05, 3.63) is 53.3 Å². The minimum absolute atomic E-state index is 0.0145. The van der Waals surface area contributed by atoms with Gasteiger partial charge in [0.15, 0.2) is 11.6 Å². The van der Waals surface area contributed by atoms with Gasteiger partial charge in [0, 0.05) is 12.1 Å². The number of ether oxygens (including phenoxy) is 1. The fourth-order valence-corrected chi connectivity index (χ4v) is 3.16. The van der Waals surface area contributed by atoms with Crippen molar-refractivity contribution in [2.24, 2.45) is 0 Å². The first kappa shape index (κ1) is 15.6. The van der Waals surface area contributed by atoms with E-state index in [0.29, 0.717) is 10.7 Å². The molecular formula is C14H13ClFNO3S. The summed E-state index contributed by atoms with van der Waals surface area (Å²) in [6, 6.07) is 9.88. The van der Waals surface area contributed by atoms with Crippen molar-refractivity contribution in [1.29, 1.82) is 0 Å². The molecule has 2 aromatic rings. The summed E-state index contributed by atoms with van der Waals surface area (Å²) in [6.07, 6.45) is 0. The normalized spacial score (nSPS) is 11.2. The highest BCUT2D eigenvalue weighted by Gasteiger charge is 2.22. The van der Waals surface area contributed by atoms with E-state index in [1.54, 1.807) is 18.2 Å². The molecule has 0 heterocycles. The molecule has 0 saturated carbocycles. The van der Waals surface area contributed by atoms with Crippen LogP contribution in [0.1, 0.15) is 0 Å². The van der Waals surface area contributed by atoms with Crippen molar-refractivity contribution >= 4 is 27.3 Å². The van der Waals surface area contributed by atoms with Gasteiger partial charge in [-0.1, -0.05) is 17.7 Å². The molecule has 0 N–H and O–H groups in total. The van der Waals surface area contributed by atoms with E-state index in [4.69, 9.17) is 16.3 Å². The summed E-state index contributed by atoms with van der Waals surface area (Å²) >= 11 is 5.85. The summed E-state index contributed by atoms with van der Waals surface area (Å²) in [6.45, 7) is 0. The molecule has 0 spiro atoms. The van der Waals surface area contributed by atoms with Crippen molar-refractivity contribution < 1.29 is 17.5 Å². The van der Waals surface area contributed by atoms with Crippen molar-refractivity contribution in [3.8, 4) is 5.75 Å². The Morgan fingerprint density at radius 1 is 1.19 bits per heavy atom. The predicted molar refractivity (Wildman–Crippen MR) is 80.0 cm³/mol. The van der Waals surface area contributed by atoms with Crippen LogP contribution in [0.3, 0.4) is 0 Å². The lowest BCUT2D eigenvalue weighted by atomic mass is 10.3. The van der Waals surface area contributed by atoms with Gasteiger partial charge in [-0.05, 0) is 36.4 Å². The first-order valence-corrected chi connectivity index (χ1v) is 7.76. The molecule has 0 aliphatic heterocycles. The number of hydrogen-bond acceptors (Lipinski definition) is 3. The third-order valence-electron chi connectivity index (χ3n) is 2.95. The Labute approximate surface area is 127 Å². The van der Waals surface area contributed by atoms with Crippen LogP contribution in [-0.2, 0) is 10.0 Å². The number of rotatable bonds is 4. The van der Waals surface area contributed by atoms with Gasteiger partial charge in [-0.2, -0.15) is 0 Å². The fraction of sp³-hybridized carbons (Fsp3) is 0.143. The molecular weight excluding hydrogens is 317 g/mol. The zero-order valence-electron chi connectivity index (χ0n) is 11.4. The molecule has 0 bridgehead atoms. The summed E-state index contributed by atoms with van der Waals surface area (Å²) in [5.41, 5.74) is 0.388. The Kier molecular flexibility index (Phi) is 4.39. The van der Waals surface area contributed by atoms with Crippen LogP contribution >= 0.6 is 11.6 Å². The lowest BCUT2D eigenvalue weighted by Gasteiger charge is -2.20. The number of halogens is 2. The maximum absolute atomic E-state index is 13.7.